The predicted octanol–water partition coefficient (Wildman–Crippen LogP) is -3.37. The number of anilines is 2. The van der Waals surface area contributed by atoms with Crippen molar-refractivity contribution in [2.75, 3.05) is 142 Å². The van der Waals surface area contributed by atoms with Gasteiger partial charge in [-0.1, -0.05) is 0 Å². The summed E-state index contributed by atoms with van der Waals surface area (Å²) in [5, 5.41) is 48.8. The summed E-state index contributed by atoms with van der Waals surface area (Å²) in [5.41, 5.74) is 6.42. The monoisotopic (exact) mass is 1000 g/mol. The van der Waals surface area contributed by atoms with E-state index in [0.717, 1.165) is 0 Å². The molecule has 0 radical (unpaired) electrons. The molecular weight excluding hydrogens is 939 g/mol. The number of carbonyl (C=O) groups excluding carboxylic acids is 3. The summed E-state index contributed by atoms with van der Waals surface area (Å²) in [7, 11) is 0. The van der Waals surface area contributed by atoms with Gasteiger partial charge < -0.3 is 61.6 Å². The Balaban J connectivity index is 1.03. The highest BCUT2D eigenvalue weighted by Gasteiger charge is 2.23. The lowest BCUT2D eigenvalue weighted by atomic mass is 10.1. The Morgan fingerprint density at radius 3 is 1.63 bits per heavy atom. The van der Waals surface area contributed by atoms with Crippen LogP contribution in [0.15, 0.2) is 35.3 Å². The van der Waals surface area contributed by atoms with Gasteiger partial charge >= 0.3 is 23.9 Å². The number of carbonyl (C=O) groups is 7. The van der Waals surface area contributed by atoms with E-state index in [2.05, 4.69) is 41.2 Å². The summed E-state index contributed by atoms with van der Waals surface area (Å²) in [6.07, 6.45) is 1.13. The van der Waals surface area contributed by atoms with Gasteiger partial charge in [0, 0.05) is 83.1 Å². The molecule has 1 aliphatic heterocycles. The van der Waals surface area contributed by atoms with E-state index in [1.165, 1.54) is 18.3 Å². The number of hydrogen-bond donors (Lipinski definition) is 10. The number of carboxylic acids is 4. The number of nitrogen functional groups attached to an aromatic ring is 1. The van der Waals surface area contributed by atoms with Gasteiger partial charge in [-0.15, -0.1) is 0 Å². The number of benzene rings is 1. The van der Waals surface area contributed by atoms with E-state index in [0.29, 0.717) is 37.6 Å². The summed E-state index contributed by atoms with van der Waals surface area (Å²) >= 11 is 0. The average molecular weight is 1000 g/mol. The molecule has 1 fully saturated rings. The molecule has 0 spiro atoms. The molecule has 1 saturated heterocycles. The lowest BCUT2D eigenvalue weighted by Gasteiger charge is -2.32. The van der Waals surface area contributed by atoms with Gasteiger partial charge in [-0.3, -0.25) is 58.1 Å². The maximum absolute atomic E-state index is 12.8. The van der Waals surface area contributed by atoms with Crippen molar-refractivity contribution in [3.8, 4) is 0 Å². The zero-order valence-electron chi connectivity index (χ0n) is 39.2. The molecule has 1 unspecified atom stereocenters. The van der Waals surface area contributed by atoms with E-state index in [1.807, 2.05) is 4.90 Å². The third-order valence-electron chi connectivity index (χ3n) is 10.6. The number of fused-ring (bicyclic) bond motifs is 1. The number of aromatic nitrogens is 4. The lowest BCUT2D eigenvalue weighted by Crippen LogP contribution is -2.50. The fraction of sp³-hybridized carbons (Fsp3) is 0.558. The van der Waals surface area contributed by atoms with Crippen LogP contribution in [0, 0.1) is 0 Å². The van der Waals surface area contributed by atoms with Crippen molar-refractivity contribution in [1.29, 1.82) is 0 Å². The van der Waals surface area contributed by atoms with Crippen LogP contribution < -0.4 is 32.6 Å². The average Bonchev–Trinajstić information content (AvgIpc) is 3.31. The molecule has 1 aliphatic rings. The summed E-state index contributed by atoms with van der Waals surface area (Å²) in [5.74, 6) is -5.86. The second-order valence-electron chi connectivity index (χ2n) is 16.1. The van der Waals surface area contributed by atoms with Crippen LogP contribution in [0.1, 0.15) is 28.9 Å². The fourth-order valence-electron chi connectivity index (χ4n) is 6.96. The van der Waals surface area contributed by atoms with E-state index in [4.69, 9.17) is 19.9 Å². The van der Waals surface area contributed by atoms with E-state index in [9.17, 15) is 58.8 Å². The van der Waals surface area contributed by atoms with Gasteiger partial charge in [-0.05, 0) is 30.7 Å². The van der Waals surface area contributed by atoms with Crippen molar-refractivity contribution >= 4 is 64.4 Å². The minimum Gasteiger partial charge on any atom is -0.480 e. The van der Waals surface area contributed by atoms with Crippen LogP contribution in [0.2, 0.25) is 0 Å². The first-order chi connectivity index (χ1) is 34.0. The Morgan fingerprint density at radius 1 is 0.662 bits per heavy atom. The van der Waals surface area contributed by atoms with Crippen LogP contribution in [-0.2, 0) is 49.5 Å². The smallest absolute Gasteiger partial charge is 0.326 e. The van der Waals surface area contributed by atoms with Crippen molar-refractivity contribution in [2.24, 2.45) is 0 Å². The molecule has 3 heterocycles. The number of carboxylic acid groups (broad SMARTS) is 4. The molecular formula is C43H63N13O15. The SMILES string of the molecule is Nc1nc2ncc(CNc3ccc(C(=O)NC(CCC(=O)NCCOCCOCCOCCNC(=O)CN4CCN(CC(=O)O)CCN(CC(=O)O)CCN(CC(=O)O)CC4)C(=O)O)cc3)nc2c(=O)[nH]1. The van der Waals surface area contributed by atoms with Crippen molar-refractivity contribution in [3.05, 3.63) is 52.1 Å². The molecule has 1 atom stereocenters. The quantitative estimate of drug-likeness (QED) is 0.0303. The fourth-order valence-corrected chi connectivity index (χ4v) is 6.96. The van der Waals surface area contributed by atoms with Gasteiger partial charge in [0.1, 0.15) is 6.04 Å². The molecule has 3 aromatic rings. The molecule has 0 bridgehead atoms. The molecule has 0 saturated carbocycles. The molecule has 1 aromatic carbocycles. The number of ether oxygens (including phenoxy) is 3. The highest BCUT2D eigenvalue weighted by molar-refractivity contribution is 5.97. The molecule has 11 N–H and O–H groups in total. The van der Waals surface area contributed by atoms with Crippen molar-refractivity contribution in [3.63, 3.8) is 0 Å². The first-order valence-electron chi connectivity index (χ1n) is 22.7. The van der Waals surface area contributed by atoms with Gasteiger partial charge in [0.25, 0.3) is 11.5 Å². The summed E-state index contributed by atoms with van der Waals surface area (Å²) in [4.78, 5) is 118. The minimum atomic E-state index is -1.32. The highest BCUT2D eigenvalue weighted by Crippen LogP contribution is 2.13. The first-order valence-corrected chi connectivity index (χ1v) is 22.7. The summed E-state index contributed by atoms with van der Waals surface area (Å²) in [6, 6.07) is 4.89. The van der Waals surface area contributed by atoms with Crippen LogP contribution in [0.25, 0.3) is 11.2 Å². The molecule has 28 nitrogen and oxygen atoms in total. The van der Waals surface area contributed by atoms with E-state index in [-0.39, 0.29) is 153 Å². The third kappa shape index (κ3) is 22.6. The van der Waals surface area contributed by atoms with E-state index >= 15 is 0 Å². The van der Waals surface area contributed by atoms with Gasteiger partial charge in [0.2, 0.25) is 17.8 Å². The van der Waals surface area contributed by atoms with E-state index in [1.54, 1.807) is 26.8 Å². The van der Waals surface area contributed by atoms with Crippen LogP contribution >= 0.6 is 0 Å². The number of nitrogens with two attached hydrogens (primary N) is 1. The number of H-pyrrole nitrogens is 1. The maximum Gasteiger partial charge on any atom is 0.326 e. The summed E-state index contributed by atoms with van der Waals surface area (Å²) < 4.78 is 16.5. The first kappa shape index (κ1) is 56.6. The van der Waals surface area contributed by atoms with E-state index < -0.39 is 47.3 Å². The number of hydrogen-bond acceptors (Lipinski definition) is 20. The van der Waals surface area contributed by atoms with Crippen molar-refractivity contribution in [1.82, 2.24) is 55.5 Å². The predicted molar refractivity (Wildman–Crippen MR) is 251 cm³/mol. The molecule has 0 aliphatic carbocycles. The number of rotatable bonds is 29. The second-order valence-corrected chi connectivity index (χ2v) is 16.1. The van der Waals surface area contributed by atoms with Gasteiger partial charge in [0.05, 0.1) is 84.3 Å². The zero-order valence-corrected chi connectivity index (χ0v) is 39.2. The molecule has 4 rings (SSSR count). The van der Waals surface area contributed by atoms with Crippen LogP contribution in [0.5, 0.6) is 0 Å². The normalized spacial score (nSPS) is 14.9. The third-order valence-corrected chi connectivity index (χ3v) is 10.6. The second kappa shape index (κ2) is 30.6. The lowest BCUT2D eigenvalue weighted by molar-refractivity contribution is -0.140. The number of aromatic amines is 1. The Bertz CT molecular complexity index is 2260. The Labute approximate surface area is 407 Å². The Hall–Kier alpha value is -6.95. The van der Waals surface area contributed by atoms with Gasteiger partial charge in [-0.2, -0.15) is 4.98 Å². The highest BCUT2D eigenvalue weighted by atomic mass is 16.5. The summed E-state index contributed by atoms with van der Waals surface area (Å²) in [6.45, 7) is 3.42. The van der Waals surface area contributed by atoms with Crippen LogP contribution in [0.4, 0.5) is 11.6 Å². The van der Waals surface area contributed by atoms with Crippen LogP contribution in [0.3, 0.4) is 0 Å². The van der Waals surface area contributed by atoms with Gasteiger partial charge in [0.15, 0.2) is 11.2 Å². The molecule has 2 aromatic heterocycles. The standard InChI is InChI=1S/C43H63N13O15/c44-43-51-39-38(41(66)52-43)49-31(24-48-39)23-47-30-3-1-29(2-4-30)40(65)50-32(42(67)68)5-6-33(57)45-7-17-69-19-21-71-22-20-70-18-8-46-34(58)25-53-9-11-54(26-35(59)60)13-15-56(28-37(63)64)16-14-55(12-10-53)27-36(61)62/h1-4,24,32,47H,5-23,25-28H2,(H,45,57)(H,46,58)(H,50,65)(H,59,60)(H,61,62)(H,63,64)(H,67,68)(H3,44,48,51,52,66). The van der Waals surface area contributed by atoms with Crippen molar-refractivity contribution in [2.45, 2.75) is 25.4 Å². The largest absolute Gasteiger partial charge is 0.480 e. The molecule has 28 heteroatoms. The molecule has 71 heavy (non-hydrogen) atoms. The number of amides is 3. The van der Waals surface area contributed by atoms with Crippen LogP contribution in [-0.4, -0.2) is 239 Å². The zero-order chi connectivity index (χ0) is 51.5. The maximum atomic E-state index is 12.8. The molecule has 390 valence electrons. The number of nitrogens with one attached hydrogen (secondary N) is 5. The number of nitrogens with zero attached hydrogens (tertiary/aromatic N) is 7. The minimum absolute atomic E-state index is 0.0161. The Morgan fingerprint density at radius 2 is 1.14 bits per heavy atom. The topological polar surface area (TPSA) is 387 Å². The van der Waals surface area contributed by atoms with Gasteiger partial charge in [-0.25, -0.2) is 14.8 Å². The Kier molecular flexibility index (Phi) is 24.4. The van der Waals surface area contributed by atoms with Crippen molar-refractivity contribution < 1.29 is 68.2 Å². The molecule has 3 amide bonds. The number of aliphatic carboxylic acids is 4.